The van der Waals surface area contributed by atoms with E-state index in [2.05, 4.69) is 0 Å². The Morgan fingerprint density at radius 1 is 1.37 bits per heavy atom. The highest BCUT2D eigenvalue weighted by molar-refractivity contribution is 8.00. The molecule has 0 bridgehead atoms. The molecule has 1 saturated heterocycles. The van der Waals surface area contributed by atoms with Gasteiger partial charge in [0.1, 0.15) is 0 Å². The molecule has 0 atom stereocenters. The minimum Gasteiger partial charge on any atom is -0.481 e. The van der Waals surface area contributed by atoms with Crippen molar-refractivity contribution in [3.05, 3.63) is 0 Å². The minimum atomic E-state index is -4.15. The second-order valence-electron chi connectivity index (χ2n) is 4.35. The molecule has 0 radical (unpaired) electrons. The van der Waals surface area contributed by atoms with Gasteiger partial charge in [-0.25, -0.2) is 0 Å². The monoisotopic (exact) mass is 301 g/mol. The first kappa shape index (κ1) is 16.6. The molecule has 0 aromatic rings. The molecule has 19 heavy (non-hydrogen) atoms. The third-order valence-electron chi connectivity index (χ3n) is 2.88. The maximum absolute atomic E-state index is 12.0. The lowest BCUT2D eigenvalue weighted by Crippen LogP contribution is -2.38. The van der Waals surface area contributed by atoms with Crippen molar-refractivity contribution in [2.45, 2.75) is 30.9 Å². The van der Waals surface area contributed by atoms with Crippen LogP contribution in [0.25, 0.3) is 0 Å². The summed E-state index contributed by atoms with van der Waals surface area (Å²) in [6.07, 6.45) is 1.51. The molecule has 1 aliphatic rings. The molecular weight excluding hydrogens is 283 g/mol. The lowest BCUT2D eigenvalue weighted by Gasteiger charge is -2.31. The summed E-state index contributed by atoms with van der Waals surface area (Å²) in [7, 11) is 0. The summed E-state index contributed by atoms with van der Waals surface area (Å²) in [5.41, 5.74) is -4.15. The number of piperidine rings is 1. The summed E-state index contributed by atoms with van der Waals surface area (Å²) < 4.78 is 41.3. The van der Waals surface area contributed by atoms with Crippen molar-refractivity contribution in [3.63, 3.8) is 0 Å². The van der Waals surface area contributed by atoms with Crippen molar-refractivity contribution in [1.82, 2.24) is 4.90 Å². The topological polar surface area (TPSA) is 49.8 Å². The first-order valence-corrected chi connectivity index (χ1v) is 7.12. The smallest absolute Gasteiger partial charge is 0.441 e. The number of nitrogens with zero attached hydrogens (tertiary/aromatic N) is 1. The Kier molecular flexibility index (Phi) is 6.95. The van der Waals surface area contributed by atoms with Gasteiger partial charge in [0.25, 0.3) is 0 Å². The molecule has 0 aliphatic carbocycles. The molecule has 4 nitrogen and oxygen atoms in total. The van der Waals surface area contributed by atoms with Crippen molar-refractivity contribution in [2.75, 3.05) is 32.0 Å². The van der Waals surface area contributed by atoms with E-state index in [0.717, 1.165) is 12.8 Å². The zero-order chi connectivity index (χ0) is 14.3. The highest BCUT2D eigenvalue weighted by Crippen LogP contribution is 2.30. The van der Waals surface area contributed by atoms with Crippen molar-refractivity contribution in [2.24, 2.45) is 0 Å². The molecule has 0 aromatic carbocycles. The number of ether oxygens (including phenoxy) is 1. The Balaban J connectivity index is 2.07. The summed E-state index contributed by atoms with van der Waals surface area (Å²) >= 11 is 0.00692. The van der Waals surface area contributed by atoms with Gasteiger partial charge >= 0.3 is 11.5 Å². The van der Waals surface area contributed by atoms with E-state index in [-0.39, 0.29) is 36.6 Å². The SMILES string of the molecule is O=C(O)CCOC1CCN(CCSC(F)(F)F)CC1. The van der Waals surface area contributed by atoms with Gasteiger partial charge in [-0.1, -0.05) is 0 Å². The van der Waals surface area contributed by atoms with Crippen molar-refractivity contribution in [1.29, 1.82) is 0 Å². The molecule has 1 heterocycles. The highest BCUT2D eigenvalue weighted by Gasteiger charge is 2.28. The Morgan fingerprint density at radius 2 is 2.00 bits per heavy atom. The van der Waals surface area contributed by atoms with E-state index in [1.165, 1.54) is 0 Å². The molecule has 0 unspecified atom stereocenters. The summed E-state index contributed by atoms with van der Waals surface area (Å²) in [5, 5.41) is 8.47. The second-order valence-corrected chi connectivity index (χ2v) is 5.51. The Labute approximate surface area is 114 Å². The van der Waals surface area contributed by atoms with Crippen LogP contribution in [0.15, 0.2) is 0 Å². The number of halogens is 3. The zero-order valence-electron chi connectivity index (χ0n) is 10.5. The molecular formula is C11H18F3NO3S. The van der Waals surface area contributed by atoms with Gasteiger partial charge in [0.15, 0.2) is 0 Å². The molecule has 1 fully saturated rings. The van der Waals surface area contributed by atoms with E-state index >= 15 is 0 Å². The van der Waals surface area contributed by atoms with Gasteiger partial charge in [-0.3, -0.25) is 4.79 Å². The van der Waals surface area contributed by atoms with Crippen molar-refractivity contribution >= 4 is 17.7 Å². The predicted molar refractivity (Wildman–Crippen MR) is 66.2 cm³/mol. The zero-order valence-corrected chi connectivity index (χ0v) is 11.3. The number of carboxylic acids is 1. The highest BCUT2D eigenvalue weighted by atomic mass is 32.2. The third kappa shape index (κ3) is 8.33. The Morgan fingerprint density at radius 3 is 2.53 bits per heavy atom. The van der Waals surface area contributed by atoms with Gasteiger partial charge < -0.3 is 14.7 Å². The lowest BCUT2D eigenvalue weighted by molar-refractivity contribution is -0.138. The van der Waals surface area contributed by atoms with Crippen LogP contribution in [0.1, 0.15) is 19.3 Å². The van der Waals surface area contributed by atoms with E-state index in [1.807, 2.05) is 4.90 Å². The van der Waals surface area contributed by atoms with Crippen LogP contribution in [0, 0.1) is 0 Å². The molecule has 112 valence electrons. The first-order valence-electron chi connectivity index (χ1n) is 6.13. The number of carbonyl (C=O) groups is 1. The maximum atomic E-state index is 12.0. The van der Waals surface area contributed by atoms with Crippen LogP contribution in [0.4, 0.5) is 13.2 Å². The Bertz CT molecular complexity index is 281. The van der Waals surface area contributed by atoms with Crippen LogP contribution < -0.4 is 0 Å². The van der Waals surface area contributed by atoms with E-state index in [4.69, 9.17) is 9.84 Å². The van der Waals surface area contributed by atoms with E-state index in [1.54, 1.807) is 0 Å². The summed E-state index contributed by atoms with van der Waals surface area (Å²) in [6.45, 7) is 2.03. The largest absolute Gasteiger partial charge is 0.481 e. The van der Waals surface area contributed by atoms with Crippen LogP contribution in [-0.4, -0.2) is 59.6 Å². The molecule has 1 rings (SSSR count). The van der Waals surface area contributed by atoms with Gasteiger partial charge in [-0.15, -0.1) is 0 Å². The molecule has 0 aromatic heterocycles. The first-order chi connectivity index (χ1) is 8.87. The average Bonchev–Trinajstić information content (AvgIpc) is 2.29. The van der Waals surface area contributed by atoms with Gasteiger partial charge in [0, 0.05) is 25.4 Å². The number of aliphatic carboxylic acids is 1. The average molecular weight is 301 g/mol. The number of hydrogen-bond donors (Lipinski definition) is 1. The fourth-order valence-electron chi connectivity index (χ4n) is 1.90. The maximum Gasteiger partial charge on any atom is 0.441 e. The Hall–Kier alpha value is -0.470. The van der Waals surface area contributed by atoms with E-state index in [0.29, 0.717) is 19.6 Å². The van der Waals surface area contributed by atoms with Gasteiger partial charge in [-0.05, 0) is 24.6 Å². The van der Waals surface area contributed by atoms with Gasteiger partial charge in [0.05, 0.1) is 19.1 Å². The normalized spacial score (nSPS) is 18.7. The number of alkyl halides is 3. The van der Waals surface area contributed by atoms with Crippen LogP contribution >= 0.6 is 11.8 Å². The lowest BCUT2D eigenvalue weighted by atomic mass is 10.1. The van der Waals surface area contributed by atoms with E-state index < -0.39 is 11.5 Å². The molecule has 0 amide bonds. The predicted octanol–water partition coefficient (Wildman–Crippen LogP) is 2.20. The van der Waals surface area contributed by atoms with Crippen LogP contribution in [0.5, 0.6) is 0 Å². The van der Waals surface area contributed by atoms with Gasteiger partial charge in [-0.2, -0.15) is 13.2 Å². The quantitative estimate of drug-likeness (QED) is 0.781. The minimum absolute atomic E-state index is 0.00692. The third-order valence-corrected chi connectivity index (χ3v) is 3.59. The van der Waals surface area contributed by atoms with Crippen molar-refractivity contribution < 1.29 is 27.8 Å². The number of thioether (sulfide) groups is 1. The summed E-state index contributed by atoms with van der Waals surface area (Å²) in [6, 6.07) is 0. The number of likely N-dealkylation sites (tertiary alicyclic amines) is 1. The molecule has 1 N–H and O–H groups in total. The van der Waals surface area contributed by atoms with Crippen LogP contribution in [-0.2, 0) is 9.53 Å². The van der Waals surface area contributed by atoms with Crippen LogP contribution in [0.2, 0.25) is 0 Å². The summed E-state index contributed by atoms with van der Waals surface area (Å²) in [4.78, 5) is 12.3. The molecule has 1 aliphatic heterocycles. The van der Waals surface area contributed by atoms with E-state index in [9.17, 15) is 18.0 Å². The number of carboxylic acid groups (broad SMARTS) is 1. The van der Waals surface area contributed by atoms with Gasteiger partial charge in [0.2, 0.25) is 0 Å². The fraction of sp³-hybridized carbons (Fsp3) is 0.909. The fourth-order valence-corrected chi connectivity index (χ4v) is 2.48. The molecule has 0 saturated carbocycles. The standard InChI is InChI=1S/C11H18F3NO3S/c12-11(13,14)19-8-6-15-4-1-9(2-5-15)18-7-3-10(16)17/h9H,1-8H2,(H,16,17). The second kappa shape index (κ2) is 7.96. The summed E-state index contributed by atoms with van der Waals surface area (Å²) in [5.74, 6) is -0.838. The molecule has 8 heteroatoms. The van der Waals surface area contributed by atoms with Crippen molar-refractivity contribution in [3.8, 4) is 0 Å². The number of hydrogen-bond acceptors (Lipinski definition) is 4. The van der Waals surface area contributed by atoms with Crippen LogP contribution in [0.3, 0.4) is 0 Å². The molecule has 0 spiro atoms. The number of rotatable bonds is 7.